The molecular formula is C27H21F5N2OSi. The fourth-order valence-corrected chi connectivity index (χ4v) is 4.23. The van der Waals surface area contributed by atoms with Crippen LogP contribution in [0.5, 0.6) is 0 Å². The van der Waals surface area contributed by atoms with E-state index < -0.39 is 54.4 Å². The van der Waals surface area contributed by atoms with E-state index in [0.29, 0.717) is 5.56 Å². The molecule has 0 saturated carbocycles. The number of nitrogens with one attached hydrogen (secondary N) is 2. The molecule has 0 aliphatic heterocycles. The SMILES string of the molecule is C[Si](C)(C)C#Cc1ccc(C(=O)c2ccc(C(c3ccc[nH]3)c3c(F)c(F)c(F)c(F)c3F)[nH]2)cc1. The quantitative estimate of drug-likeness (QED) is 0.0769. The number of benzene rings is 2. The molecule has 184 valence electrons. The van der Waals surface area contributed by atoms with E-state index in [4.69, 9.17) is 0 Å². The van der Waals surface area contributed by atoms with Crippen LogP contribution in [0.3, 0.4) is 0 Å². The number of aromatic amines is 2. The fourth-order valence-electron chi connectivity index (χ4n) is 3.71. The lowest BCUT2D eigenvalue weighted by Crippen LogP contribution is -2.16. The minimum absolute atomic E-state index is 0.0710. The summed E-state index contributed by atoms with van der Waals surface area (Å²) < 4.78 is 71.0. The second-order valence-electron chi connectivity index (χ2n) is 9.28. The Kier molecular flexibility index (Phi) is 6.74. The Morgan fingerprint density at radius 3 is 1.97 bits per heavy atom. The summed E-state index contributed by atoms with van der Waals surface area (Å²) >= 11 is 0. The first kappa shape index (κ1) is 25.2. The molecule has 4 aromatic rings. The Morgan fingerprint density at radius 1 is 0.806 bits per heavy atom. The van der Waals surface area contributed by atoms with Crippen LogP contribution in [-0.2, 0) is 0 Å². The van der Waals surface area contributed by atoms with Crippen molar-refractivity contribution in [1.82, 2.24) is 9.97 Å². The lowest BCUT2D eigenvalue weighted by molar-refractivity contribution is 0.103. The minimum Gasteiger partial charge on any atom is -0.364 e. The molecule has 1 atom stereocenters. The first-order valence-corrected chi connectivity index (χ1v) is 14.5. The van der Waals surface area contributed by atoms with Crippen molar-refractivity contribution in [2.45, 2.75) is 25.6 Å². The van der Waals surface area contributed by atoms with E-state index in [0.717, 1.165) is 5.56 Å². The van der Waals surface area contributed by atoms with Gasteiger partial charge in [-0.15, -0.1) is 5.54 Å². The van der Waals surface area contributed by atoms with E-state index in [2.05, 4.69) is 41.1 Å². The van der Waals surface area contributed by atoms with E-state index in [1.807, 2.05) is 0 Å². The van der Waals surface area contributed by atoms with Gasteiger partial charge < -0.3 is 9.97 Å². The molecule has 0 fully saturated rings. The Hall–Kier alpha value is -3.90. The van der Waals surface area contributed by atoms with Gasteiger partial charge in [0.2, 0.25) is 11.6 Å². The van der Waals surface area contributed by atoms with Crippen LogP contribution in [0, 0.1) is 40.6 Å². The largest absolute Gasteiger partial charge is 0.364 e. The molecule has 2 heterocycles. The van der Waals surface area contributed by atoms with Crippen molar-refractivity contribution in [3.63, 3.8) is 0 Å². The standard InChI is InChI=1S/C27H21F5N2OSi/c1-36(2,3)14-12-15-6-8-16(9-7-15)27(35)19-11-10-18(34-19)20(17-5-4-13-33-17)21-22(28)24(30)26(32)25(31)23(21)29/h4-11,13,20,33-34H,1-3H3. The zero-order valence-electron chi connectivity index (χ0n) is 19.6. The van der Waals surface area contributed by atoms with Gasteiger partial charge in [-0.25, -0.2) is 22.0 Å². The second kappa shape index (κ2) is 9.63. The fraction of sp³-hybridized carbons (Fsp3) is 0.148. The van der Waals surface area contributed by atoms with Crippen LogP contribution in [-0.4, -0.2) is 23.8 Å². The van der Waals surface area contributed by atoms with E-state index in [1.165, 1.54) is 30.5 Å². The van der Waals surface area contributed by atoms with E-state index in [1.54, 1.807) is 24.3 Å². The number of carbonyl (C=O) groups is 1. The Labute approximate surface area is 205 Å². The van der Waals surface area contributed by atoms with Gasteiger partial charge in [0.15, 0.2) is 23.3 Å². The molecule has 0 spiro atoms. The maximum Gasteiger partial charge on any atom is 0.209 e. The van der Waals surface area contributed by atoms with Crippen molar-refractivity contribution in [3.8, 4) is 11.5 Å². The summed E-state index contributed by atoms with van der Waals surface area (Å²) in [5.41, 5.74) is 3.65. The average molecular weight is 513 g/mol. The van der Waals surface area contributed by atoms with Crippen molar-refractivity contribution >= 4 is 13.9 Å². The highest BCUT2D eigenvalue weighted by molar-refractivity contribution is 6.83. The lowest BCUT2D eigenvalue weighted by atomic mass is 9.91. The number of halogens is 5. The number of ketones is 1. The number of aromatic nitrogens is 2. The molecule has 0 bridgehead atoms. The molecular weight excluding hydrogens is 491 g/mol. The maximum absolute atomic E-state index is 14.7. The Bertz CT molecular complexity index is 1460. The average Bonchev–Trinajstić information content (AvgIpc) is 3.55. The highest BCUT2D eigenvalue weighted by Gasteiger charge is 2.33. The predicted molar refractivity (Wildman–Crippen MR) is 129 cm³/mol. The summed E-state index contributed by atoms with van der Waals surface area (Å²) in [6.07, 6.45) is 1.45. The van der Waals surface area contributed by atoms with Crippen molar-refractivity contribution < 1.29 is 26.7 Å². The molecule has 36 heavy (non-hydrogen) atoms. The van der Waals surface area contributed by atoms with Gasteiger partial charge in [-0.05, 0) is 48.5 Å². The maximum atomic E-state index is 14.7. The van der Waals surface area contributed by atoms with Crippen LogP contribution in [0.2, 0.25) is 19.6 Å². The summed E-state index contributed by atoms with van der Waals surface area (Å²) in [5.74, 6) is -8.92. The Balaban J connectivity index is 1.72. The summed E-state index contributed by atoms with van der Waals surface area (Å²) in [5, 5.41) is 0. The molecule has 4 rings (SSSR count). The smallest absolute Gasteiger partial charge is 0.209 e. The van der Waals surface area contributed by atoms with Crippen LogP contribution < -0.4 is 0 Å². The number of carbonyl (C=O) groups excluding carboxylic acids is 1. The molecule has 2 aromatic carbocycles. The molecule has 0 saturated heterocycles. The molecule has 3 nitrogen and oxygen atoms in total. The predicted octanol–water partition coefficient (Wildman–Crippen LogP) is 6.68. The second-order valence-corrected chi connectivity index (χ2v) is 14.0. The molecule has 9 heteroatoms. The highest BCUT2D eigenvalue weighted by Crippen LogP contribution is 2.36. The zero-order chi connectivity index (χ0) is 26.2. The van der Waals surface area contributed by atoms with E-state index >= 15 is 0 Å². The van der Waals surface area contributed by atoms with Gasteiger partial charge in [0.25, 0.3) is 0 Å². The first-order chi connectivity index (χ1) is 17.0. The topological polar surface area (TPSA) is 48.6 Å². The molecule has 0 aliphatic carbocycles. The zero-order valence-corrected chi connectivity index (χ0v) is 20.6. The van der Waals surface area contributed by atoms with Crippen LogP contribution in [0.15, 0.2) is 54.7 Å². The monoisotopic (exact) mass is 512 g/mol. The normalized spacial score (nSPS) is 12.2. The summed E-state index contributed by atoms with van der Waals surface area (Å²) in [7, 11) is -1.56. The van der Waals surface area contributed by atoms with Crippen molar-refractivity contribution in [2.24, 2.45) is 0 Å². The summed E-state index contributed by atoms with van der Waals surface area (Å²) in [6, 6.07) is 12.4. The van der Waals surface area contributed by atoms with Gasteiger partial charge in [-0.3, -0.25) is 4.79 Å². The van der Waals surface area contributed by atoms with Gasteiger partial charge >= 0.3 is 0 Å². The van der Waals surface area contributed by atoms with Gasteiger partial charge in [0.05, 0.1) is 11.6 Å². The molecule has 0 aliphatic rings. The van der Waals surface area contributed by atoms with Gasteiger partial charge in [-0.2, -0.15) is 0 Å². The van der Waals surface area contributed by atoms with Gasteiger partial charge in [0, 0.05) is 34.3 Å². The number of H-pyrrole nitrogens is 2. The van der Waals surface area contributed by atoms with Crippen LogP contribution in [0.1, 0.15) is 44.5 Å². The molecule has 2 N–H and O–H groups in total. The molecule has 0 amide bonds. The van der Waals surface area contributed by atoms with Crippen molar-refractivity contribution in [3.05, 3.63) is 118 Å². The summed E-state index contributed by atoms with van der Waals surface area (Å²) in [4.78, 5) is 18.6. The van der Waals surface area contributed by atoms with E-state index in [9.17, 15) is 26.7 Å². The van der Waals surface area contributed by atoms with Gasteiger partial charge in [-0.1, -0.05) is 25.6 Å². The van der Waals surface area contributed by atoms with Crippen LogP contribution in [0.4, 0.5) is 22.0 Å². The molecule has 0 radical (unpaired) electrons. The minimum atomic E-state index is -2.24. The van der Waals surface area contributed by atoms with Crippen molar-refractivity contribution in [1.29, 1.82) is 0 Å². The number of hydrogen-bond acceptors (Lipinski definition) is 1. The van der Waals surface area contributed by atoms with Crippen molar-refractivity contribution in [2.75, 3.05) is 0 Å². The highest BCUT2D eigenvalue weighted by atomic mass is 28.3. The molecule has 1 unspecified atom stereocenters. The third-order valence-electron chi connectivity index (χ3n) is 5.46. The lowest BCUT2D eigenvalue weighted by Gasteiger charge is -2.18. The third kappa shape index (κ3) is 4.90. The van der Waals surface area contributed by atoms with Crippen LogP contribution in [0.25, 0.3) is 0 Å². The Morgan fingerprint density at radius 2 is 1.42 bits per heavy atom. The molecule has 2 aromatic heterocycles. The van der Waals surface area contributed by atoms with Crippen LogP contribution >= 0.6 is 0 Å². The summed E-state index contributed by atoms with van der Waals surface area (Å²) in [6.45, 7) is 6.36. The first-order valence-electron chi connectivity index (χ1n) is 11.0. The van der Waals surface area contributed by atoms with E-state index in [-0.39, 0.29) is 17.1 Å². The van der Waals surface area contributed by atoms with Gasteiger partial charge in [0.1, 0.15) is 8.07 Å². The number of hydrogen-bond donors (Lipinski definition) is 2. The number of rotatable bonds is 5. The third-order valence-corrected chi connectivity index (χ3v) is 6.33.